The predicted molar refractivity (Wildman–Crippen MR) is 192 cm³/mol. The van der Waals surface area contributed by atoms with Gasteiger partial charge in [-0.1, -0.05) is 115 Å². The van der Waals surface area contributed by atoms with Gasteiger partial charge in [0.05, 0.1) is 33.5 Å². The average Bonchev–Trinajstić information content (AvgIpc) is 3.68. The fraction of sp³-hybridized carbons (Fsp3) is 0. The number of aromatic nitrogens is 3. The van der Waals surface area contributed by atoms with E-state index in [1.807, 2.05) is 42.5 Å². The fourth-order valence-corrected chi connectivity index (χ4v) is 7.73. The molecule has 0 fully saturated rings. The topological polar surface area (TPSA) is 35.1 Å². The van der Waals surface area contributed by atoms with E-state index in [9.17, 15) is 0 Å². The molecule has 5 heteroatoms. The zero-order valence-corrected chi connectivity index (χ0v) is 25.4. The van der Waals surface area contributed by atoms with Crippen LogP contribution in [0.15, 0.2) is 146 Å². The number of hydrogen-bond acceptors (Lipinski definition) is 3. The Hall–Kier alpha value is -6.09. The van der Waals surface area contributed by atoms with Crippen molar-refractivity contribution in [3.05, 3.63) is 157 Å². The fourth-order valence-electron chi connectivity index (χ4n) is 6.55. The van der Waals surface area contributed by atoms with Gasteiger partial charge in [-0.3, -0.25) is 0 Å². The Morgan fingerprint density at radius 3 is 2.00 bits per heavy atom. The number of thiophene rings is 1. The molecule has 0 N–H and O–H groups in total. The molecular weight excluding hydrogens is 581 g/mol. The van der Waals surface area contributed by atoms with Crippen LogP contribution in [-0.4, -0.2) is 14.5 Å². The Balaban J connectivity index is 1.30. The van der Waals surface area contributed by atoms with E-state index in [0.29, 0.717) is 11.5 Å². The maximum atomic E-state index is 7.41. The van der Waals surface area contributed by atoms with Gasteiger partial charge < -0.3 is 4.57 Å². The van der Waals surface area contributed by atoms with Crippen LogP contribution in [0.1, 0.15) is 0 Å². The summed E-state index contributed by atoms with van der Waals surface area (Å²) >= 11 is 1.72. The van der Waals surface area contributed by atoms with Crippen LogP contribution >= 0.6 is 11.3 Å². The summed E-state index contributed by atoms with van der Waals surface area (Å²) in [4.78, 5) is 13.9. The first-order valence-corrected chi connectivity index (χ1v) is 15.9. The largest absolute Gasteiger partial charge is 0.309 e. The van der Waals surface area contributed by atoms with E-state index in [0.717, 1.165) is 53.9 Å². The molecule has 0 unspecified atom stereocenters. The van der Waals surface area contributed by atoms with Crippen LogP contribution in [0.2, 0.25) is 0 Å². The highest BCUT2D eigenvalue weighted by molar-refractivity contribution is 7.26. The van der Waals surface area contributed by atoms with Gasteiger partial charge >= 0.3 is 0 Å². The summed E-state index contributed by atoms with van der Waals surface area (Å²) < 4.78 is 4.56. The van der Waals surface area contributed by atoms with Gasteiger partial charge in [0.25, 0.3) is 0 Å². The van der Waals surface area contributed by atoms with E-state index in [-0.39, 0.29) is 0 Å². The summed E-state index contributed by atoms with van der Waals surface area (Å²) in [6, 6.07) is 50.4. The van der Waals surface area contributed by atoms with Crippen LogP contribution in [0.3, 0.4) is 0 Å². The summed E-state index contributed by atoms with van der Waals surface area (Å²) in [5.74, 6) is 0.686. The lowest BCUT2D eigenvalue weighted by Crippen LogP contribution is -1.95. The molecule has 46 heavy (non-hydrogen) atoms. The van der Waals surface area contributed by atoms with Crippen LogP contribution in [-0.2, 0) is 0 Å². The summed E-state index contributed by atoms with van der Waals surface area (Å²) in [6.45, 7) is 7.41. The minimum atomic E-state index is 0.610. The van der Waals surface area contributed by atoms with Crippen molar-refractivity contribution in [3.63, 3.8) is 0 Å². The highest BCUT2D eigenvalue weighted by Gasteiger charge is 2.20. The normalized spacial score (nSPS) is 11.5. The van der Waals surface area contributed by atoms with Crippen LogP contribution in [0.4, 0.5) is 5.69 Å². The minimum absolute atomic E-state index is 0.610. The molecule has 0 saturated heterocycles. The van der Waals surface area contributed by atoms with Crippen LogP contribution in [0.5, 0.6) is 0 Å². The van der Waals surface area contributed by atoms with Crippen molar-refractivity contribution in [1.82, 2.24) is 14.5 Å². The molecule has 0 spiro atoms. The number of benzene rings is 6. The van der Waals surface area contributed by atoms with E-state index < -0.39 is 0 Å². The van der Waals surface area contributed by atoms with Crippen molar-refractivity contribution < 1.29 is 0 Å². The average molecular weight is 605 g/mol. The Bertz CT molecular complexity index is 2590. The second-order valence-electron chi connectivity index (χ2n) is 11.3. The molecular formula is C41H24N4S. The Morgan fingerprint density at radius 1 is 0.587 bits per heavy atom. The summed E-state index contributed by atoms with van der Waals surface area (Å²) in [6.07, 6.45) is 0. The zero-order valence-electron chi connectivity index (χ0n) is 24.6. The van der Waals surface area contributed by atoms with Gasteiger partial charge in [-0.2, -0.15) is 0 Å². The number of rotatable bonds is 4. The highest BCUT2D eigenvalue weighted by atomic mass is 32.1. The zero-order chi connectivity index (χ0) is 30.6. The van der Waals surface area contributed by atoms with E-state index in [1.165, 1.54) is 21.8 Å². The first kappa shape index (κ1) is 26.3. The highest BCUT2D eigenvalue weighted by Crippen LogP contribution is 2.44. The first-order chi connectivity index (χ1) is 22.8. The number of fused-ring (bicyclic) bond motifs is 6. The lowest BCUT2D eigenvalue weighted by Gasteiger charge is -2.11. The maximum Gasteiger partial charge on any atom is 0.187 e. The van der Waals surface area contributed by atoms with Crippen LogP contribution in [0, 0.1) is 6.57 Å². The molecule has 0 aliphatic rings. The maximum absolute atomic E-state index is 7.41. The standard InChI is InChI=1S/C41H24N4S/c1-42-29-23-21-26(22-24-29)38-40-39(44-41(43-38)27-11-3-2-4-12-27)37-31(17-10-20-36(37)46-40)28-13-9-14-30(25-28)45-34-18-7-5-15-32(34)33-16-6-8-19-35(33)45/h2-25H. The molecule has 6 aromatic carbocycles. The lowest BCUT2D eigenvalue weighted by atomic mass is 10.00. The monoisotopic (exact) mass is 604 g/mol. The molecule has 0 saturated carbocycles. The Labute approximate surface area is 269 Å². The van der Waals surface area contributed by atoms with E-state index in [1.54, 1.807) is 11.3 Å². The summed E-state index contributed by atoms with van der Waals surface area (Å²) in [5, 5.41) is 3.62. The molecule has 0 amide bonds. The minimum Gasteiger partial charge on any atom is -0.309 e. The van der Waals surface area contributed by atoms with Crippen molar-refractivity contribution in [2.45, 2.75) is 0 Å². The first-order valence-electron chi connectivity index (χ1n) is 15.1. The molecule has 214 valence electrons. The third kappa shape index (κ3) is 4.12. The summed E-state index contributed by atoms with van der Waals surface area (Å²) in [7, 11) is 0. The molecule has 0 bridgehead atoms. The van der Waals surface area contributed by atoms with Crippen molar-refractivity contribution >= 4 is 59.1 Å². The van der Waals surface area contributed by atoms with E-state index in [4.69, 9.17) is 16.5 Å². The predicted octanol–water partition coefficient (Wildman–Crippen LogP) is 11.5. The van der Waals surface area contributed by atoms with Crippen LogP contribution < -0.4 is 0 Å². The SMILES string of the molecule is [C-]#[N+]c1ccc(-c2nc(-c3ccccc3)nc3c2sc2cccc(-c4cccc(-n5c6ccccc6c6ccccc65)c4)c23)cc1. The van der Waals surface area contributed by atoms with Gasteiger partial charge in [0.1, 0.15) is 0 Å². The van der Waals surface area contributed by atoms with Crippen molar-refractivity contribution in [2.24, 2.45) is 0 Å². The number of nitrogens with zero attached hydrogens (tertiary/aromatic N) is 4. The van der Waals surface area contributed by atoms with Gasteiger partial charge in [0.15, 0.2) is 11.5 Å². The molecule has 0 aliphatic heterocycles. The smallest absolute Gasteiger partial charge is 0.187 e. The number of para-hydroxylation sites is 2. The molecule has 9 aromatic rings. The molecule has 0 aliphatic carbocycles. The molecule has 3 aromatic heterocycles. The molecule has 0 radical (unpaired) electrons. The van der Waals surface area contributed by atoms with Gasteiger partial charge in [0, 0.05) is 32.1 Å². The third-order valence-corrected chi connectivity index (χ3v) is 9.79. The quantitative estimate of drug-likeness (QED) is 0.187. The van der Waals surface area contributed by atoms with Crippen LogP contribution in [0.25, 0.3) is 86.4 Å². The Kier molecular flexibility index (Phi) is 6.02. The van der Waals surface area contributed by atoms with Gasteiger partial charge in [-0.05, 0) is 47.0 Å². The van der Waals surface area contributed by atoms with Gasteiger partial charge in [0.2, 0.25) is 0 Å². The van der Waals surface area contributed by atoms with Crippen molar-refractivity contribution in [2.75, 3.05) is 0 Å². The molecule has 9 rings (SSSR count). The molecule has 4 nitrogen and oxygen atoms in total. The summed E-state index contributed by atoms with van der Waals surface area (Å²) in [5.41, 5.74) is 10.1. The van der Waals surface area contributed by atoms with Crippen molar-refractivity contribution in [3.8, 4) is 39.5 Å². The lowest BCUT2D eigenvalue weighted by molar-refractivity contribution is 1.18. The van der Waals surface area contributed by atoms with E-state index >= 15 is 0 Å². The van der Waals surface area contributed by atoms with Gasteiger partial charge in [-0.25, -0.2) is 14.8 Å². The number of hydrogen-bond donors (Lipinski definition) is 0. The molecule has 0 atom stereocenters. The Morgan fingerprint density at radius 2 is 1.26 bits per heavy atom. The van der Waals surface area contributed by atoms with E-state index in [2.05, 4.69) is 113 Å². The second-order valence-corrected chi connectivity index (χ2v) is 12.4. The second kappa shape index (κ2) is 10.5. The van der Waals surface area contributed by atoms with Crippen molar-refractivity contribution in [1.29, 1.82) is 0 Å². The molecule has 3 heterocycles. The van der Waals surface area contributed by atoms with Gasteiger partial charge in [-0.15, -0.1) is 11.3 Å². The third-order valence-electron chi connectivity index (χ3n) is 8.64.